The number of hydrogen-bond acceptors (Lipinski definition) is 6. The number of anilines is 1. The normalized spacial score (nSPS) is 11.4. The van der Waals surface area contributed by atoms with Crippen LogP contribution in [0.5, 0.6) is 5.75 Å². The molecule has 0 unspecified atom stereocenters. The van der Waals surface area contributed by atoms with Gasteiger partial charge in [-0.05, 0) is 32.0 Å². The highest BCUT2D eigenvalue weighted by Crippen LogP contribution is 2.22. The highest BCUT2D eigenvalue weighted by Gasteiger charge is 2.16. The van der Waals surface area contributed by atoms with Gasteiger partial charge >= 0.3 is 0 Å². The molecule has 0 aliphatic heterocycles. The number of carbonyl (C=O) groups is 1. The number of aryl methyl sites for hydroxylation is 2. The number of halogens is 1. The van der Waals surface area contributed by atoms with E-state index < -0.39 is 21.6 Å². The fraction of sp³-hybridized carbons (Fsp3) is 0.250. The van der Waals surface area contributed by atoms with Crippen LogP contribution >= 0.6 is 0 Å². The first-order valence-electron chi connectivity index (χ1n) is 8.79. The molecule has 0 aliphatic rings. The Hall–Kier alpha value is -3.07. The van der Waals surface area contributed by atoms with Crippen LogP contribution in [0.15, 0.2) is 36.4 Å². The molecule has 0 atom stereocenters. The Kier molecular flexibility index (Phi) is 5.78. The van der Waals surface area contributed by atoms with E-state index in [0.717, 1.165) is 12.3 Å². The van der Waals surface area contributed by atoms with Crippen LogP contribution in [-0.4, -0.2) is 42.9 Å². The third-order valence-corrected chi connectivity index (χ3v) is 5.11. The number of rotatable bonds is 6. The van der Waals surface area contributed by atoms with Crippen LogP contribution in [0, 0.1) is 19.7 Å². The monoisotopic (exact) mass is 417 g/mol. The molecule has 3 rings (SSSR count). The van der Waals surface area contributed by atoms with Gasteiger partial charge in [-0.1, -0.05) is 6.07 Å². The molecule has 1 heterocycles. The van der Waals surface area contributed by atoms with E-state index in [0.29, 0.717) is 33.9 Å². The van der Waals surface area contributed by atoms with Gasteiger partial charge in [-0.3, -0.25) is 4.79 Å². The minimum atomic E-state index is -3.13. The Bertz CT molecular complexity index is 1200. The third kappa shape index (κ3) is 5.26. The lowest BCUT2D eigenvalue weighted by Crippen LogP contribution is -2.14. The zero-order valence-corrected chi connectivity index (χ0v) is 17.0. The van der Waals surface area contributed by atoms with Gasteiger partial charge < -0.3 is 10.1 Å². The van der Waals surface area contributed by atoms with Crippen LogP contribution in [0.2, 0.25) is 0 Å². The van der Waals surface area contributed by atoms with Gasteiger partial charge in [0, 0.05) is 24.1 Å². The SMILES string of the molecule is Cc1nc2cc(F)cc(C(=O)Nc3cccc(OCCS(C)(=O)=O)c3)c2nc1C. The molecule has 0 saturated heterocycles. The average Bonchev–Trinajstić information content (AvgIpc) is 2.62. The van der Waals surface area contributed by atoms with Crippen molar-refractivity contribution in [2.45, 2.75) is 13.8 Å². The van der Waals surface area contributed by atoms with E-state index in [-0.39, 0.29) is 17.9 Å². The summed E-state index contributed by atoms with van der Waals surface area (Å²) in [4.78, 5) is 21.5. The first-order chi connectivity index (χ1) is 13.6. The number of ether oxygens (including phenoxy) is 1. The van der Waals surface area contributed by atoms with Crippen molar-refractivity contribution in [3.05, 3.63) is 59.2 Å². The molecule has 0 bridgehead atoms. The van der Waals surface area contributed by atoms with Crippen molar-refractivity contribution in [3.8, 4) is 5.75 Å². The summed E-state index contributed by atoms with van der Waals surface area (Å²) < 4.78 is 41.8. The van der Waals surface area contributed by atoms with E-state index in [4.69, 9.17) is 4.74 Å². The van der Waals surface area contributed by atoms with Gasteiger partial charge in [0.1, 0.15) is 23.7 Å². The molecule has 0 radical (unpaired) electrons. The number of aromatic nitrogens is 2. The summed E-state index contributed by atoms with van der Waals surface area (Å²) in [5.41, 5.74) is 2.41. The maximum absolute atomic E-state index is 14.0. The fourth-order valence-electron chi connectivity index (χ4n) is 2.64. The summed E-state index contributed by atoms with van der Waals surface area (Å²) in [6.07, 6.45) is 1.13. The minimum absolute atomic E-state index is 0.00101. The van der Waals surface area contributed by atoms with Gasteiger partial charge in [-0.2, -0.15) is 0 Å². The van der Waals surface area contributed by atoms with Gasteiger partial charge in [-0.15, -0.1) is 0 Å². The zero-order valence-electron chi connectivity index (χ0n) is 16.2. The Morgan fingerprint density at radius 1 is 1.14 bits per heavy atom. The van der Waals surface area contributed by atoms with E-state index in [1.165, 1.54) is 6.07 Å². The molecule has 0 saturated carbocycles. The molecule has 1 N–H and O–H groups in total. The van der Waals surface area contributed by atoms with Crippen LogP contribution in [-0.2, 0) is 9.84 Å². The van der Waals surface area contributed by atoms with Crippen LogP contribution in [0.25, 0.3) is 11.0 Å². The van der Waals surface area contributed by atoms with E-state index in [1.807, 2.05) is 0 Å². The number of benzene rings is 2. The molecule has 1 aromatic heterocycles. The smallest absolute Gasteiger partial charge is 0.258 e. The second kappa shape index (κ2) is 8.12. The van der Waals surface area contributed by atoms with E-state index >= 15 is 0 Å². The highest BCUT2D eigenvalue weighted by atomic mass is 32.2. The molecule has 29 heavy (non-hydrogen) atoms. The Morgan fingerprint density at radius 2 is 1.86 bits per heavy atom. The maximum atomic E-state index is 14.0. The van der Waals surface area contributed by atoms with Gasteiger partial charge in [0.15, 0.2) is 9.84 Å². The van der Waals surface area contributed by atoms with E-state index in [9.17, 15) is 17.6 Å². The highest BCUT2D eigenvalue weighted by molar-refractivity contribution is 7.90. The topological polar surface area (TPSA) is 98.2 Å². The number of nitrogens with one attached hydrogen (secondary N) is 1. The van der Waals surface area contributed by atoms with E-state index in [2.05, 4.69) is 15.3 Å². The first-order valence-corrected chi connectivity index (χ1v) is 10.8. The predicted octanol–water partition coefficient (Wildman–Crippen LogP) is 3.06. The molecule has 0 aliphatic carbocycles. The molecule has 0 spiro atoms. The van der Waals surface area contributed by atoms with Crippen molar-refractivity contribution in [2.24, 2.45) is 0 Å². The summed E-state index contributed by atoms with van der Waals surface area (Å²) in [5.74, 6) is -0.837. The maximum Gasteiger partial charge on any atom is 0.258 e. The number of hydrogen-bond donors (Lipinski definition) is 1. The molecule has 2 aromatic carbocycles. The summed E-state index contributed by atoms with van der Waals surface area (Å²) in [6, 6.07) is 8.86. The van der Waals surface area contributed by atoms with Crippen molar-refractivity contribution < 1.29 is 22.3 Å². The summed E-state index contributed by atoms with van der Waals surface area (Å²) >= 11 is 0. The third-order valence-electron chi connectivity index (χ3n) is 4.21. The predicted molar refractivity (Wildman–Crippen MR) is 109 cm³/mol. The van der Waals surface area contributed by atoms with Crippen molar-refractivity contribution in [2.75, 3.05) is 23.9 Å². The lowest BCUT2D eigenvalue weighted by Gasteiger charge is -2.11. The zero-order chi connectivity index (χ0) is 21.2. The summed E-state index contributed by atoms with van der Waals surface area (Å²) in [7, 11) is -3.13. The van der Waals surface area contributed by atoms with Gasteiger partial charge in [-0.25, -0.2) is 22.8 Å². The Balaban J connectivity index is 1.84. The van der Waals surface area contributed by atoms with Crippen molar-refractivity contribution in [1.82, 2.24) is 9.97 Å². The minimum Gasteiger partial charge on any atom is -0.492 e. The van der Waals surface area contributed by atoms with Crippen molar-refractivity contribution in [3.63, 3.8) is 0 Å². The number of amides is 1. The molecular weight excluding hydrogens is 397 g/mol. The fourth-order valence-corrected chi connectivity index (χ4v) is 3.03. The van der Waals surface area contributed by atoms with Gasteiger partial charge in [0.25, 0.3) is 5.91 Å². The second-order valence-electron chi connectivity index (χ2n) is 6.68. The number of nitrogens with zero attached hydrogens (tertiary/aromatic N) is 2. The lowest BCUT2D eigenvalue weighted by atomic mass is 10.1. The lowest BCUT2D eigenvalue weighted by molar-refractivity contribution is 0.102. The largest absolute Gasteiger partial charge is 0.492 e. The van der Waals surface area contributed by atoms with Crippen LogP contribution in [0.3, 0.4) is 0 Å². The number of fused-ring (bicyclic) bond motifs is 1. The average molecular weight is 417 g/mol. The Labute approximate surface area is 167 Å². The van der Waals surface area contributed by atoms with Crippen molar-refractivity contribution >= 4 is 32.5 Å². The molecule has 7 nitrogen and oxygen atoms in total. The van der Waals surface area contributed by atoms with Crippen LogP contribution in [0.4, 0.5) is 10.1 Å². The molecule has 152 valence electrons. The quantitative estimate of drug-likeness (QED) is 0.662. The number of carbonyl (C=O) groups excluding carboxylic acids is 1. The molecule has 3 aromatic rings. The van der Waals surface area contributed by atoms with Crippen molar-refractivity contribution in [1.29, 1.82) is 0 Å². The molecule has 1 amide bonds. The van der Waals surface area contributed by atoms with Crippen LogP contribution < -0.4 is 10.1 Å². The summed E-state index contributed by atoms with van der Waals surface area (Å²) in [5, 5.41) is 2.69. The number of sulfone groups is 1. The van der Waals surface area contributed by atoms with Gasteiger partial charge in [0.05, 0.1) is 28.2 Å². The Morgan fingerprint density at radius 3 is 2.59 bits per heavy atom. The first kappa shape index (κ1) is 20.7. The molecule has 0 fully saturated rings. The summed E-state index contributed by atoms with van der Waals surface area (Å²) in [6.45, 7) is 3.53. The van der Waals surface area contributed by atoms with Crippen LogP contribution in [0.1, 0.15) is 21.7 Å². The standard InChI is InChI=1S/C20H20FN3O4S/c1-12-13(2)23-19-17(9-14(21)10-18(19)22-12)20(25)24-15-5-4-6-16(11-15)28-7-8-29(3,26)27/h4-6,9-11H,7-8H2,1-3H3,(H,24,25). The van der Waals surface area contributed by atoms with E-state index in [1.54, 1.807) is 38.1 Å². The molecular formula is C20H20FN3O4S. The molecule has 9 heteroatoms. The second-order valence-corrected chi connectivity index (χ2v) is 8.94. The van der Waals surface area contributed by atoms with Gasteiger partial charge in [0.2, 0.25) is 0 Å².